The highest BCUT2D eigenvalue weighted by Crippen LogP contribution is 2.28. The van der Waals surface area contributed by atoms with Gasteiger partial charge in [0.1, 0.15) is 0 Å². The predicted molar refractivity (Wildman–Crippen MR) is 158 cm³/mol. The number of carboxylic acid groups (broad SMARTS) is 1. The molecule has 1 aliphatic rings. The maximum Gasteiger partial charge on any atom is 0.340 e. The van der Waals surface area contributed by atoms with Crippen LogP contribution in [0.4, 0.5) is 10.1 Å². The number of aliphatic carboxylic acids is 1. The number of hydrogen-bond donors (Lipinski definition) is 3. The Labute approximate surface area is 236 Å². The molecule has 7 nitrogen and oxygen atoms in total. The largest absolute Gasteiger partial charge is 0.479 e. The summed E-state index contributed by atoms with van der Waals surface area (Å²) in [5.41, 5.74) is 6.20. The second-order valence-corrected chi connectivity index (χ2v) is 11.8. The van der Waals surface area contributed by atoms with E-state index in [2.05, 4.69) is 32.2 Å². The fraction of sp³-hybridized carbons (Fsp3) is 0.500. The van der Waals surface area contributed by atoms with Gasteiger partial charge in [-0.05, 0) is 55.2 Å². The third-order valence-electron chi connectivity index (χ3n) is 5.63. The lowest BCUT2D eigenvalue weighted by Crippen LogP contribution is -2.46. The maximum atomic E-state index is 12.8. The molecule has 2 amide bonds. The summed E-state index contributed by atoms with van der Waals surface area (Å²) >= 11 is 1.60. The summed E-state index contributed by atoms with van der Waals surface area (Å²) in [5.74, 6) is -1.68. The quantitative estimate of drug-likeness (QED) is 0.367. The van der Waals surface area contributed by atoms with Crippen molar-refractivity contribution in [2.75, 3.05) is 11.4 Å². The molecule has 0 bridgehead atoms. The predicted octanol–water partition coefficient (Wildman–Crippen LogP) is 5.53. The van der Waals surface area contributed by atoms with Gasteiger partial charge in [-0.2, -0.15) is 0 Å². The molecule has 0 fully saturated rings. The number of para-hydroxylation sites is 1. The number of carbonyl (C=O) groups excluding carboxylic acids is 2. The van der Waals surface area contributed by atoms with Gasteiger partial charge in [0.25, 0.3) is 5.91 Å². The summed E-state index contributed by atoms with van der Waals surface area (Å²) in [6, 6.07) is 11.1. The van der Waals surface area contributed by atoms with Gasteiger partial charge in [0, 0.05) is 35.6 Å². The van der Waals surface area contributed by atoms with Gasteiger partial charge >= 0.3 is 5.97 Å². The summed E-state index contributed by atoms with van der Waals surface area (Å²) in [5, 5.41) is 12.9. The Kier molecular flexibility index (Phi) is 13.5. The summed E-state index contributed by atoms with van der Waals surface area (Å²) in [6.45, 7) is 13.0. The number of thiophene rings is 1. The van der Waals surface area contributed by atoms with Gasteiger partial charge in [-0.3, -0.25) is 9.59 Å². The monoisotopic (exact) mass is 561 g/mol. The Hall–Kier alpha value is -3.04. The van der Waals surface area contributed by atoms with Gasteiger partial charge in [-0.15, -0.1) is 11.3 Å². The van der Waals surface area contributed by atoms with E-state index in [4.69, 9.17) is 10.8 Å². The minimum atomic E-state index is -2.08. The lowest BCUT2D eigenvalue weighted by Gasteiger charge is -2.26. The Morgan fingerprint density at radius 2 is 1.74 bits per heavy atom. The van der Waals surface area contributed by atoms with Crippen LogP contribution in [0.25, 0.3) is 0 Å². The average Bonchev–Trinajstić information content (AvgIpc) is 3.52. The molecule has 0 unspecified atom stereocenters. The topological polar surface area (TPSA) is 113 Å². The molecular weight excluding hydrogens is 517 g/mol. The number of fused-ring (bicyclic) bond motifs is 1. The van der Waals surface area contributed by atoms with E-state index in [0.29, 0.717) is 19.4 Å². The second-order valence-electron chi connectivity index (χ2n) is 10.8. The van der Waals surface area contributed by atoms with Crippen LogP contribution in [0.15, 0.2) is 53.9 Å². The molecule has 2 heterocycles. The molecule has 1 aromatic heterocycles. The van der Waals surface area contributed by atoms with Crippen molar-refractivity contribution >= 4 is 34.8 Å². The minimum absolute atomic E-state index is 0.0105. The van der Waals surface area contributed by atoms with Crippen molar-refractivity contribution in [2.45, 2.75) is 85.5 Å². The molecule has 0 aliphatic carbocycles. The second kappa shape index (κ2) is 15.5. The molecule has 2 aromatic rings. The molecule has 3 rings (SSSR count). The van der Waals surface area contributed by atoms with Gasteiger partial charge < -0.3 is 21.1 Å². The van der Waals surface area contributed by atoms with Crippen LogP contribution in [0.5, 0.6) is 0 Å². The van der Waals surface area contributed by atoms with E-state index >= 15 is 0 Å². The van der Waals surface area contributed by atoms with Gasteiger partial charge in [0.15, 0.2) is 0 Å². The lowest BCUT2D eigenvalue weighted by atomic mass is 9.87. The number of nitrogens with zero attached hydrogens (tertiary/aromatic N) is 1. The Bertz CT molecular complexity index is 1090. The van der Waals surface area contributed by atoms with Crippen molar-refractivity contribution in [3.05, 3.63) is 64.4 Å². The molecule has 0 saturated carbocycles. The molecule has 2 atom stereocenters. The highest BCUT2D eigenvalue weighted by molar-refractivity contribution is 7.09. The Morgan fingerprint density at radius 3 is 2.28 bits per heavy atom. The van der Waals surface area contributed by atoms with Crippen LogP contribution >= 0.6 is 11.3 Å². The van der Waals surface area contributed by atoms with Crippen LogP contribution in [-0.4, -0.2) is 47.2 Å². The zero-order valence-electron chi connectivity index (χ0n) is 24.2. The van der Waals surface area contributed by atoms with Gasteiger partial charge in [0.2, 0.25) is 11.6 Å². The maximum absolute atomic E-state index is 12.8. The fourth-order valence-electron chi connectivity index (χ4n) is 3.71. The van der Waals surface area contributed by atoms with E-state index in [0.717, 1.165) is 30.8 Å². The zero-order valence-corrected chi connectivity index (χ0v) is 25.0. The first-order valence-corrected chi connectivity index (χ1v) is 14.1. The van der Waals surface area contributed by atoms with Crippen LogP contribution in [0, 0.1) is 5.41 Å². The molecule has 0 spiro atoms. The van der Waals surface area contributed by atoms with Crippen molar-refractivity contribution in [1.82, 2.24) is 5.32 Å². The Morgan fingerprint density at radius 1 is 1.13 bits per heavy atom. The number of hydrogen-bond acceptors (Lipinski definition) is 5. The molecule has 0 radical (unpaired) electrons. The fourth-order valence-corrected chi connectivity index (χ4v) is 4.48. The summed E-state index contributed by atoms with van der Waals surface area (Å²) < 4.78 is 11.9. The highest BCUT2D eigenvalue weighted by atomic mass is 32.1. The van der Waals surface area contributed by atoms with E-state index < -0.39 is 17.7 Å². The van der Waals surface area contributed by atoms with Crippen molar-refractivity contribution in [1.29, 1.82) is 0 Å². The summed E-state index contributed by atoms with van der Waals surface area (Å²) in [4.78, 5) is 38.0. The number of nitrogens with two attached hydrogens (primary N) is 1. The summed E-state index contributed by atoms with van der Waals surface area (Å²) in [7, 11) is 0. The molecule has 1 aromatic carbocycles. The number of nitrogens with one attached hydrogen (secondary N) is 1. The molecule has 4 N–H and O–H groups in total. The van der Waals surface area contributed by atoms with Crippen LogP contribution in [0.1, 0.15) is 65.3 Å². The third-order valence-corrected chi connectivity index (χ3v) is 6.53. The van der Waals surface area contributed by atoms with Crippen LogP contribution in [-0.2, 0) is 27.2 Å². The highest BCUT2D eigenvalue weighted by Gasteiger charge is 2.26. The van der Waals surface area contributed by atoms with Gasteiger partial charge in [-0.25, -0.2) is 9.18 Å². The van der Waals surface area contributed by atoms with Crippen LogP contribution in [0.3, 0.4) is 0 Å². The smallest absolute Gasteiger partial charge is 0.340 e. The number of halogens is 1. The van der Waals surface area contributed by atoms with Crippen LogP contribution < -0.4 is 16.0 Å². The van der Waals surface area contributed by atoms with Crippen molar-refractivity contribution in [3.63, 3.8) is 0 Å². The number of carbonyl (C=O) groups is 3. The first-order valence-electron chi connectivity index (χ1n) is 13.3. The third kappa shape index (κ3) is 12.1. The molecule has 216 valence electrons. The van der Waals surface area contributed by atoms with Crippen molar-refractivity contribution in [3.8, 4) is 0 Å². The van der Waals surface area contributed by atoms with E-state index in [1.807, 2.05) is 55.6 Å². The SMILES string of the molecule is CC.CC(C)(C)C[C@@H](/C=C/C(=O)N1CCc2ccccc21)NC(=O)[C@@H](N)Cc1cccs1.CC(C)(F)C(=O)O. The van der Waals surface area contributed by atoms with E-state index in [1.165, 1.54) is 5.56 Å². The molecule has 9 heteroatoms. The number of rotatable bonds is 8. The number of benzene rings is 1. The van der Waals surface area contributed by atoms with E-state index in [1.54, 1.807) is 22.3 Å². The standard InChI is InChI=1S/C24H31N3O2S.C4H7FO2.C2H6/c1-24(2,3)16-18(26-23(29)20(25)15-19-8-6-14-30-19)10-11-22(28)27-13-12-17-7-4-5-9-21(17)27;1-4(2,5)3(6)7;1-2/h4-11,14,18,20H,12-13,15-16,25H2,1-3H3,(H,26,29);1-2H3,(H,6,7);1-2H3/b11-10+;;/t18-,20+;;/m1../s1. The normalized spacial score (nSPS) is 14.3. The zero-order chi connectivity index (χ0) is 29.8. The first kappa shape index (κ1) is 34.0. The van der Waals surface area contributed by atoms with E-state index in [-0.39, 0.29) is 23.3 Å². The first-order chi connectivity index (χ1) is 18.2. The number of carboxylic acids is 1. The van der Waals surface area contributed by atoms with Gasteiger partial charge in [0.05, 0.1) is 6.04 Å². The van der Waals surface area contributed by atoms with Crippen LogP contribution in [0.2, 0.25) is 0 Å². The summed E-state index contributed by atoms with van der Waals surface area (Å²) in [6.07, 6.45) is 5.49. The van der Waals surface area contributed by atoms with Gasteiger partial charge in [-0.1, -0.05) is 65.0 Å². The molecule has 39 heavy (non-hydrogen) atoms. The number of amides is 2. The minimum Gasteiger partial charge on any atom is -0.479 e. The molecule has 0 saturated heterocycles. The average molecular weight is 562 g/mol. The Balaban J connectivity index is 0.000000735. The van der Waals surface area contributed by atoms with E-state index in [9.17, 15) is 18.8 Å². The number of alkyl halides is 1. The van der Waals surface area contributed by atoms with Crippen molar-refractivity contribution in [2.24, 2.45) is 11.1 Å². The molecular formula is C30H44FN3O4S. The van der Waals surface area contributed by atoms with Crippen molar-refractivity contribution < 1.29 is 23.9 Å². The lowest BCUT2D eigenvalue weighted by molar-refractivity contribution is -0.148. The number of anilines is 1. The molecule has 1 aliphatic heterocycles.